The van der Waals surface area contributed by atoms with E-state index in [1.54, 1.807) is 48.9 Å². The van der Waals surface area contributed by atoms with Crippen molar-refractivity contribution in [2.24, 2.45) is 7.05 Å². The minimum absolute atomic E-state index is 0.141. The van der Waals surface area contributed by atoms with Gasteiger partial charge in [0.25, 0.3) is 0 Å². The van der Waals surface area contributed by atoms with E-state index in [4.69, 9.17) is 5.26 Å². The molecule has 0 radical (unpaired) electrons. The first kappa shape index (κ1) is 11.1. The van der Waals surface area contributed by atoms with Crippen LogP contribution in [0.4, 0.5) is 0 Å². The number of allylic oxidation sites excluding steroid dienone is 1. The van der Waals surface area contributed by atoms with E-state index in [0.717, 1.165) is 0 Å². The highest BCUT2D eigenvalue weighted by Crippen LogP contribution is 2.08. The van der Waals surface area contributed by atoms with Crippen molar-refractivity contribution in [2.45, 2.75) is 0 Å². The Morgan fingerprint density at radius 1 is 1.60 bits per heavy atom. The summed E-state index contributed by atoms with van der Waals surface area (Å²) in [5.74, 6) is -0.251. The molecule has 0 atom stereocenters. The van der Waals surface area contributed by atoms with Crippen LogP contribution in [-0.2, 0) is 7.05 Å². The molecular formula is C11H13N3O. The van der Waals surface area contributed by atoms with Crippen molar-refractivity contribution in [1.29, 1.82) is 5.26 Å². The number of hydrogen-bond acceptors (Lipinski definition) is 3. The second-order valence-electron chi connectivity index (χ2n) is 3.45. The van der Waals surface area contributed by atoms with Crippen LogP contribution in [0.25, 0.3) is 0 Å². The first-order valence-corrected chi connectivity index (χ1v) is 4.50. The fraction of sp³-hybridized carbons (Fsp3) is 0.273. The molecule has 0 unspecified atom stereocenters. The van der Waals surface area contributed by atoms with Crippen LogP contribution in [0.5, 0.6) is 0 Å². The second-order valence-corrected chi connectivity index (χ2v) is 3.45. The molecule has 0 aliphatic carbocycles. The standard InChI is InChI=1S/C11H13N3O/c1-13(2)8-9(7-12)11(15)10-5-4-6-14(10)3/h4-6,8H,1-3H3/b9-8-. The number of hydrogen-bond donors (Lipinski definition) is 0. The molecule has 78 valence electrons. The molecule has 0 N–H and O–H groups in total. The number of nitrogens with zero attached hydrogens (tertiary/aromatic N) is 3. The molecule has 1 rings (SSSR count). The predicted octanol–water partition coefficient (Wildman–Crippen LogP) is 1.18. The first-order chi connectivity index (χ1) is 7.06. The Balaban J connectivity index is 3.05. The minimum atomic E-state index is -0.251. The smallest absolute Gasteiger partial charge is 0.221 e. The number of ketones is 1. The van der Waals surface area contributed by atoms with Gasteiger partial charge in [-0.2, -0.15) is 5.26 Å². The Hall–Kier alpha value is -2.02. The summed E-state index contributed by atoms with van der Waals surface area (Å²) in [6.07, 6.45) is 3.30. The van der Waals surface area contributed by atoms with Gasteiger partial charge in [0.1, 0.15) is 11.6 Å². The van der Waals surface area contributed by atoms with Crippen molar-refractivity contribution in [3.63, 3.8) is 0 Å². The van der Waals surface area contributed by atoms with Gasteiger partial charge in [-0.05, 0) is 12.1 Å². The van der Waals surface area contributed by atoms with Gasteiger partial charge in [-0.3, -0.25) is 4.79 Å². The number of rotatable bonds is 3. The van der Waals surface area contributed by atoms with Crippen LogP contribution < -0.4 is 0 Å². The molecule has 0 bridgehead atoms. The number of carbonyl (C=O) groups is 1. The summed E-state index contributed by atoms with van der Waals surface area (Å²) in [6, 6.07) is 5.38. The Kier molecular flexibility index (Phi) is 3.29. The quantitative estimate of drug-likeness (QED) is 0.421. The maximum atomic E-state index is 11.9. The van der Waals surface area contributed by atoms with E-state index in [1.165, 1.54) is 6.20 Å². The third-order valence-corrected chi connectivity index (χ3v) is 1.93. The van der Waals surface area contributed by atoms with Gasteiger partial charge in [0, 0.05) is 33.5 Å². The number of carbonyl (C=O) groups excluding carboxylic acids is 1. The monoisotopic (exact) mass is 203 g/mol. The molecule has 15 heavy (non-hydrogen) atoms. The van der Waals surface area contributed by atoms with Crippen LogP contribution in [0, 0.1) is 11.3 Å². The predicted molar refractivity (Wildman–Crippen MR) is 57.1 cm³/mol. The normalized spacial score (nSPS) is 10.9. The summed E-state index contributed by atoms with van der Waals surface area (Å²) < 4.78 is 1.70. The van der Waals surface area contributed by atoms with Gasteiger partial charge >= 0.3 is 0 Å². The van der Waals surface area contributed by atoms with Crippen LogP contribution in [0.15, 0.2) is 30.1 Å². The van der Waals surface area contributed by atoms with Gasteiger partial charge in [0.05, 0.1) is 5.69 Å². The largest absolute Gasteiger partial charge is 0.382 e. The van der Waals surface area contributed by atoms with Crippen LogP contribution in [0.2, 0.25) is 0 Å². The highest BCUT2D eigenvalue weighted by Gasteiger charge is 2.14. The van der Waals surface area contributed by atoms with E-state index in [0.29, 0.717) is 5.69 Å². The summed E-state index contributed by atoms with van der Waals surface area (Å²) in [7, 11) is 5.32. The van der Waals surface area contributed by atoms with E-state index >= 15 is 0 Å². The van der Waals surface area contributed by atoms with Gasteiger partial charge in [-0.1, -0.05) is 0 Å². The zero-order valence-corrected chi connectivity index (χ0v) is 9.06. The van der Waals surface area contributed by atoms with Crippen molar-refractivity contribution >= 4 is 5.78 Å². The molecule has 0 saturated heterocycles. The Morgan fingerprint density at radius 2 is 2.27 bits per heavy atom. The lowest BCUT2D eigenvalue weighted by Gasteiger charge is -2.06. The number of nitriles is 1. The Labute approximate surface area is 89.0 Å². The second kappa shape index (κ2) is 4.47. The average Bonchev–Trinajstić information content (AvgIpc) is 2.59. The maximum Gasteiger partial charge on any atom is 0.221 e. The van der Waals surface area contributed by atoms with Crippen LogP contribution in [-0.4, -0.2) is 29.3 Å². The molecule has 0 aliphatic rings. The molecule has 1 heterocycles. The third-order valence-electron chi connectivity index (χ3n) is 1.93. The van der Waals surface area contributed by atoms with Crippen LogP contribution in [0.3, 0.4) is 0 Å². The van der Waals surface area contributed by atoms with E-state index in [-0.39, 0.29) is 11.4 Å². The fourth-order valence-corrected chi connectivity index (χ4v) is 1.23. The van der Waals surface area contributed by atoms with E-state index in [2.05, 4.69) is 0 Å². The minimum Gasteiger partial charge on any atom is -0.382 e. The summed E-state index contributed by atoms with van der Waals surface area (Å²) in [6.45, 7) is 0. The lowest BCUT2D eigenvalue weighted by molar-refractivity contribution is 0.103. The van der Waals surface area contributed by atoms with Crippen LogP contribution in [0.1, 0.15) is 10.5 Å². The number of Topliss-reactive ketones (excluding diaryl/α,β-unsaturated/α-hetero) is 1. The van der Waals surface area contributed by atoms with Crippen molar-refractivity contribution in [3.05, 3.63) is 35.8 Å². The molecule has 0 fully saturated rings. The summed E-state index contributed by atoms with van der Waals surface area (Å²) in [5, 5.41) is 8.86. The SMILES string of the molecule is CN(C)/C=C(/C#N)C(=O)c1cccn1C. The third kappa shape index (κ3) is 2.47. The molecule has 0 amide bonds. The molecule has 4 heteroatoms. The molecule has 1 aromatic heterocycles. The van der Waals surface area contributed by atoms with Crippen molar-refractivity contribution in [2.75, 3.05) is 14.1 Å². The first-order valence-electron chi connectivity index (χ1n) is 4.50. The van der Waals surface area contributed by atoms with Gasteiger partial charge in [0.15, 0.2) is 0 Å². The average molecular weight is 203 g/mol. The van der Waals surface area contributed by atoms with Crippen molar-refractivity contribution < 1.29 is 4.79 Å². The zero-order valence-electron chi connectivity index (χ0n) is 9.06. The summed E-state index contributed by atoms with van der Waals surface area (Å²) in [5.41, 5.74) is 0.659. The van der Waals surface area contributed by atoms with E-state index in [9.17, 15) is 4.79 Å². The Morgan fingerprint density at radius 3 is 2.67 bits per heavy atom. The number of aromatic nitrogens is 1. The highest BCUT2D eigenvalue weighted by molar-refractivity contribution is 6.10. The Bertz CT molecular complexity index is 435. The lowest BCUT2D eigenvalue weighted by Crippen LogP contribution is -2.11. The molecule has 0 aromatic carbocycles. The van der Waals surface area contributed by atoms with Gasteiger partial charge < -0.3 is 9.47 Å². The molecule has 0 saturated carbocycles. The summed E-state index contributed by atoms with van der Waals surface area (Å²) >= 11 is 0. The number of aryl methyl sites for hydroxylation is 1. The molecular weight excluding hydrogens is 190 g/mol. The van der Waals surface area contributed by atoms with Crippen molar-refractivity contribution in [1.82, 2.24) is 9.47 Å². The molecule has 4 nitrogen and oxygen atoms in total. The van der Waals surface area contributed by atoms with E-state index in [1.807, 2.05) is 6.07 Å². The van der Waals surface area contributed by atoms with E-state index < -0.39 is 0 Å². The van der Waals surface area contributed by atoms with Crippen molar-refractivity contribution in [3.8, 4) is 6.07 Å². The van der Waals surface area contributed by atoms with Crippen LogP contribution >= 0.6 is 0 Å². The maximum absolute atomic E-state index is 11.9. The summed E-state index contributed by atoms with van der Waals surface area (Å²) in [4.78, 5) is 13.5. The topological polar surface area (TPSA) is 49.0 Å². The van der Waals surface area contributed by atoms with Gasteiger partial charge in [-0.25, -0.2) is 0 Å². The lowest BCUT2D eigenvalue weighted by atomic mass is 10.1. The fourth-order valence-electron chi connectivity index (χ4n) is 1.23. The molecule has 1 aromatic rings. The highest BCUT2D eigenvalue weighted by atomic mass is 16.1. The molecule has 0 aliphatic heterocycles. The zero-order chi connectivity index (χ0) is 11.4. The van der Waals surface area contributed by atoms with Gasteiger partial charge in [-0.15, -0.1) is 0 Å². The molecule has 0 spiro atoms. The van der Waals surface area contributed by atoms with Gasteiger partial charge in [0.2, 0.25) is 5.78 Å².